The molecule has 1 saturated carbocycles. The van der Waals surface area contributed by atoms with Crippen LogP contribution in [0.2, 0.25) is 0 Å². The van der Waals surface area contributed by atoms with Crippen LogP contribution in [-0.4, -0.2) is 41.8 Å². The first-order valence-corrected chi connectivity index (χ1v) is 8.48. The molecule has 0 bridgehead atoms. The van der Waals surface area contributed by atoms with Gasteiger partial charge < -0.3 is 15.0 Å². The van der Waals surface area contributed by atoms with Crippen molar-refractivity contribution in [3.05, 3.63) is 0 Å². The van der Waals surface area contributed by atoms with Gasteiger partial charge in [0.1, 0.15) is 5.60 Å². The third-order valence-corrected chi connectivity index (χ3v) is 4.69. The van der Waals surface area contributed by atoms with E-state index in [1.807, 2.05) is 25.7 Å². The summed E-state index contributed by atoms with van der Waals surface area (Å²) in [6.07, 6.45) is 4.73. The molecule has 0 spiro atoms. The van der Waals surface area contributed by atoms with Gasteiger partial charge in [-0.15, -0.1) is 0 Å². The molecule has 1 aliphatic heterocycles. The number of carbonyl (C=O) groups is 1. The van der Waals surface area contributed by atoms with Crippen LogP contribution in [0.25, 0.3) is 0 Å². The highest BCUT2D eigenvalue weighted by Crippen LogP contribution is 2.29. The van der Waals surface area contributed by atoms with Gasteiger partial charge in [0.15, 0.2) is 0 Å². The second-order valence-corrected chi connectivity index (χ2v) is 8.06. The van der Waals surface area contributed by atoms with Gasteiger partial charge in [0.05, 0.1) is 0 Å². The Hall–Kier alpha value is -0.770. The number of hydrogen-bond donors (Lipinski definition) is 1. The summed E-state index contributed by atoms with van der Waals surface area (Å²) in [7, 11) is 0. The molecule has 21 heavy (non-hydrogen) atoms. The maximum absolute atomic E-state index is 12.2. The van der Waals surface area contributed by atoms with Crippen molar-refractivity contribution >= 4 is 6.09 Å². The maximum atomic E-state index is 12.2. The summed E-state index contributed by atoms with van der Waals surface area (Å²) >= 11 is 0. The number of likely N-dealkylation sites (tertiary alicyclic amines) is 1. The number of amides is 1. The van der Waals surface area contributed by atoms with Gasteiger partial charge in [0.2, 0.25) is 0 Å². The SMILES string of the molecule is CC1CC(NC(C)C2CCCN(C(=O)OC(C)(C)C)C2)C1. The lowest BCUT2D eigenvalue weighted by Gasteiger charge is -2.41. The topological polar surface area (TPSA) is 41.6 Å². The molecule has 0 aromatic carbocycles. The molecular formula is C17H32N2O2. The Morgan fingerprint density at radius 3 is 2.57 bits per heavy atom. The molecule has 0 aromatic rings. The Morgan fingerprint density at radius 2 is 2.00 bits per heavy atom. The van der Waals surface area contributed by atoms with Gasteiger partial charge >= 0.3 is 6.09 Å². The molecule has 1 aliphatic carbocycles. The van der Waals surface area contributed by atoms with E-state index in [-0.39, 0.29) is 6.09 Å². The number of nitrogens with zero attached hydrogens (tertiary/aromatic N) is 1. The van der Waals surface area contributed by atoms with Crippen LogP contribution in [-0.2, 0) is 4.74 Å². The fourth-order valence-electron chi connectivity index (χ4n) is 3.46. The quantitative estimate of drug-likeness (QED) is 0.867. The van der Waals surface area contributed by atoms with E-state index in [0.29, 0.717) is 18.0 Å². The first kappa shape index (κ1) is 16.6. The smallest absolute Gasteiger partial charge is 0.410 e. The molecule has 4 nitrogen and oxygen atoms in total. The van der Waals surface area contributed by atoms with Gasteiger partial charge in [-0.25, -0.2) is 4.79 Å². The summed E-state index contributed by atoms with van der Waals surface area (Å²) in [6.45, 7) is 12.0. The second-order valence-electron chi connectivity index (χ2n) is 8.06. The zero-order valence-electron chi connectivity index (χ0n) is 14.3. The van der Waals surface area contributed by atoms with Crippen molar-refractivity contribution in [1.82, 2.24) is 10.2 Å². The Kier molecular flexibility index (Phi) is 5.18. The molecule has 2 rings (SSSR count). The van der Waals surface area contributed by atoms with Crippen LogP contribution in [0, 0.1) is 11.8 Å². The lowest BCUT2D eigenvalue weighted by Crippen LogP contribution is -2.52. The average Bonchev–Trinajstić information content (AvgIpc) is 2.35. The molecule has 1 N–H and O–H groups in total. The maximum Gasteiger partial charge on any atom is 0.410 e. The molecule has 2 aliphatic rings. The van der Waals surface area contributed by atoms with Gasteiger partial charge in [-0.1, -0.05) is 6.92 Å². The normalized spacial score (nSPS) is 31.5. The van der Waals surface area contributed by atoms with Crippen molar-refractivity contribution in [2.24, 2.45) is 11.8 Å². The van der Waals surface area contributed by atoms with Crippen molar-refractivity contribution in [3.63, 3.8) is 0 Å². The number of hydrogen-bond acceptors (Lipinski definition) is 3. The first-order valence-electron chi connectivity index (χ1n) is 8.48. The molecule has 4 heteroatoms. The monoisotopic (exact) mass is 296 g/mol. The number of nitrogens with one attached hydrogen (secondary N) is 1. The predicted molar refractivity (Wildman–Crippen MR) is 85.3 cm³/mol. The predicted octanol–water partition coefficient (Wildman–Crippen LogP) is 3.41. The molecular weight excluding hydrogens is 264 g/mol. The van der Waals surface area contributed by atoms with Crippen LogP contribution in [0.15, 0.2) is 0 Å². The van der Waals surface area contributed by atoms with E-state index in [1.54, 1.807) is 0 Å². The van der Waals surface area contributed by atoms with E-state index in [0.717, 1.165) is 25.4 Å². The Morgan fingerprint density at radius 1 is 1.33 bits per heavy atom. The molecule has 2 fully saturated rings. The van der Waals surface area contributed by atoms with Gasteiger partial charge in [-0.05, 0) is 65.2 Å². The standard InChI is InChI=1S/C17H32N2O2/c1-12-9-15(10-12)18-13(2)14-7-6-8-19(11-14)16(20)21-17(3,4)5/h12-15,18H,6-11H2,1-5H3. The van der Waals surface area contributed by atoms with Crippen molar-refractivity contribution < 1.29 is 9.53 Å². The summed E-state index contributed by atoms with van der Waals surface area (Å²) in [5.74, 6) is 1.42. The minimum atomic E-state index is -0.407. The summed E-state index contributed by atoms with van der Waals surface area (Å²) in [5, 5.41) is 3.75. The number of piperidine rings is 1. The Bertz CT molecular complexity index is 358. The third kappa shape index (κ3) is 4.87. The minimum absolute atomic E-state index is 0.156. The van der Waals surface area contributed by atoms with Crippen molar-refractivity contribution in [2.45, 2.75) is 78.0 Å². The number of carbonyl (C=O) groups excluding carboxylic acids is 1. The van der Waals surface area contributed by atoms with E-state index in [2.05, 4.69) is 19.2 Å². The summed E-state index contributed by atoms with van der Waals surface area (Å²) < 4.78 is 5.50. The Balaban J connectivity index is 1.81. The second kappa shape index (κ2) is 6.55. The molecule has 122 valence electrons. The number of rotatable bonds is 3. The van der Waals surface area contributed by atoms with E-state index in [9.17, 15) is 4.79 Å². The van der Waals surface area contributed by atoms with Gasteiger partial charge in [-0.2, -0.15) is 0 Å². The molecule has 2 unspecified atom stereocenters. The largest absolute Gasteiger partial charge is 0.444 e. The van der Waals surface area contributed by atoms with E-state index >= 15 is 0 Å². The highest BCUT2D eigenvalue weighted by Gasteiger charge is 2.32. The first-order chi connectivity index (χ1) is 9.74. The van der Waals surface area contributed by atoms with Crippen molar-refractivity contribution in [2.75, 3.05) is 13.1 Å². The number of ether oxygens (including phenoxy) is 1. The molecule has 0 aromatic heterocycles. The van der Waals surface area contributed by atoms with Gasteiger partial charge in [0, 0.05) is 25.2 Å². The van der Waals surface area contributed by atoms with Crippen molar-refractivity contribution in [3.8, 4) is 0 Å². The lowest BCUT2D eigenvalue weighted by atomic mass is 9.80. The molecule has 2 atom stereocenters. The van der Waals surface area contributed by atoms with Crippen LogP contribution in [0.3, 0.4) is 0 Å². The minimum Gasteiger partial charge on any atom is -0.444 e. The summed E-state index contributed by atoms with van der Waals surface area (Å²) in [5.41, 5.74) is -0.407. The molecule has 1 amide bonds. The van der Waals surface area contributed by atoms with Crippen LogP contribution in [0.5, 0.6) is 0 Å². The zero-order valence-corrected chi connectivity index (χ0v) is 14.3. The summed E-state index contributed by atoms with van der Waals surface area (Å²) in [4.78, 5) is 14.1. The highest BCUT2D eigenvalue weighted by atomic mass is 16.6. The fourth-order valence-corrected chi connectivity index (χ4v) is 3.46. The summed E-state index contributed by atoms with van der Waals surface area (Å²) in [6, 6.07) is 1.17. The third-order valence-electron chi connectivity index (χ3n) is 4.69. The lowest BCUT2D eigenvalue weighted by molar-refractivity contribution is 0.0141. The van der Waals surface area contributed by atoms with Gasteiger partial charge in [-0.3, -0.25) is 0 Å². The van der Waals surface area contributed by atoms with Crippen molar-refractivity contribution in [1.29, 1.82) is 0 Å². The highest BCUT2D eigenvalue weighted by molar-refractivity contribution is 5.68. The van der Waals surface area contributed by atoms with E-state index < -0.39 is 5.60 Å². The molecule has 0 radical (unpaired) electrons. The van der Waals surface area contributed by atoms with Crippen LogP contribution < -0.4 is 5.32 Å². The average molecular weight is 296 g/mol. The molecule has 1 heterocycles. The fraction of sp³-hybridized carbons (Fsp3) is 0.941. The Labute approximate surface area is 129 Å². The zero-order chi connectivity index (χ0) is 15.6. The van der Waals surface area contributed by atoms with Gasteiger partial charge in [0.25, 0.3) is 0 Å². The van der Waals surface area contributed by atoms with Crippen LogP contribution >= 0.6 is 0 Å². The van der Waals surface area contributed by atoms with Crippen LogP contribution in [0.4, 0.5) is 4.79 Å². The van der Waals surface area contributed by atoms with E-state index in [1.165, 1.54) is 19.3 Å². The van der Waals surface area contributed by atoms with Crippen LogP contribution in [0.1, 0.15) is 60.3 Å². The van der Waals surface area contributed by atoms with E-state index in [4.69, 9.17) is 4.74 Å². The molecule has 1 saturated heterocycles.